The summed E-state index contributed by atoms with van der Waals surface area (Å²) in [5.41, 5.74) is 3.54. The summed E-state index contributed by atoms with van der Waals surface area (Å²) in [6.45, 7) is 3.84. The fraction of sp³-hybridized carbons (Fsp3) is 0.190. The van der Waals surface area contributed by atoms with E-state index in [2.05, 4.69) is 15.2 Å². The summed E-state index contributed by atoms with van der Waals surface area (Å²) in [7, 11) is 1.90. The van der Waals surface area contributed by atoms with Crippen molar-refractivity contribution in [1.82, 2.24) is 19.7 Å². The summed E-state index contributed by atoms with van der Waals surface area (Å²) >= 11 is 7.38. The van der Waals surface area contributed by atoms with Crippen molar-refractivity contribution in [2.24, 2.45) is 7.05 Å². The predicted octanol–water partition coefficient (Wildman–Crippen LogP) is 5.29. The van der Waals surface area contributed by atoms with Crippen molar-refractivity contribution >= 4 is 40.0 Å². The zero-order valence-corrected chi connectivity index (χ0v) is 17.3. The Labute approximate surface area is 172 Å². The minimum atomic E-state index is -0.293. The fourth-order valence-corrected chi connectivity index (χ4v) is 4.28. The highest BCUT2D eigenvalue weighted by molar-refractivity contribution is 8.00. The predicted molar refractivity (Wildman–Crippen MR) is 114 cm³/mol. The number of nitrogens with one attached hydrogen (secondary N) is 1. The highest BCUT2D eigenvalue weighted by Gasteiger charge is 2.24. The van der Waals surface area contributed by atoms with Gasteiger partial charge in [0.1, 0.15) is 0 Å². The largest absolute Gasteiger partial charge is 0.358 e. The number of ketones is 1. The molecule has 28 heavy (non-hydrogen) atoms. The molecular formula is C21H19ClN4OS. The number of aromatic nitrogens is 4. The van der Waals surface area contributed by atoms with Crippen LogP contribution in [-0.4, -0.2) is 30.8 Å². The number of H-pyrrole nitrogens is 1. The number of aryl methyl sites for hydroxylation is 1. The van der Waals surface area contributed by atoms with Crippen LogP contribution < -0.4 is 0 Å². The first kappa shape index (κ1) is 18.8. The van der Waals surface area contributed by atoms with Gasteiger partial charge in [-0.2, -0.15) is 0 Å². The number of thioether (sulfide) groups is 1. The highest BCUT2D eigenvalue weighted by Crippen LogP contribution is 2.30. The molecule has 0 saturated heterocycles. The zero-order chi connectivity index (χ0) is 19.8. The smallest absolute Gasteiger partial charge is 0.191 e. The van der Waals surface area contributed by atoms with Gasteiger partial charge in [0.15, 0.2) is 16.8 Å². The molecule has 0 saturated carbocycles. The fourth-order valence-electron chi connectivity index (χ4n) is 3.28. The molecule has 7 heteroatoms. The van der Waals surface area contributed by atoms with Crippen molar-refractivity contribution in [2.45, 2.75) is 24.3 Å². The van der Waals surface area contributed by atoms with Gasteiger partial charge in [0.05, 0.1) is 5.25 Å². The summed E-state index contributed by atoms with van der Waals surface area (Å²) in [6.07, 6.45) is 0. The third-order valence-corrected chi connectivity index (χ3v) is 6.11. The normalized spacial score (nSPS) is 12.4. The van der Waals surface area contributed by atoms with E-state index in [4.69, 9.17) is 11.6 Å². The van der Waals surface area contributed by atoms with Gasteiger partial charge >= 0.3 is 0 Å². The van der Waals surface area contributed by atoms with Gasteiger partial charge in [-0.1, -0.05) is 41.6 Å². The molecule has 1 atom stereocenters. The lowest BCUT2D eigenvalue weighted by Crippen LogP contribution is -2.15. The molecular weight excluding hydrogens is 392 g/mol. The van der Waals surface area contributed by atoms with Gasteiger partial charge in [0.2, 0.25) is 0 Å². The Morgan fingerprint density at radius 2 is 1.86 bits per heavy atom. The van der Waals surface area contributed by atoms with Crippen LogP contribution in [0.25, 0.3) is 22.3 Å². The van der Waals surface area contributed by atoms with E-state index in [9.17, 15) is 4.79 Å². The van der Waals surface area contributed by atoms with Gasteiger partial charge in [-0.25, -0.2) is 0 Å². The number of nitrogens with zero attached hydrogens (tertiary/aromatic N) is 3. The topological polar surface area (TPSA) is 63.6 Å². The number of halogens is 1. The Kier molecular flexibility index (Phi) is 5.00. The minimum absolute atomic E-state index is 0.0796. The van der Waals surface area contributed by atoms with Crippen LogP contribution in [0, 0.1) is 6.92 Å². The van der Waals surface area contributed by atoms with E-state index in [1.54, 1.807) is 0 Å². The van der Waals surface area contributed by atoms with Gasteiger partial charge in [0, 0.05) is 39.8 Å². The first-order valence-corrected chi connectivity index (χ1v) is 10.1. The van der Waals surface area contributed by atoms with Gasteiger partial charge in [0.25, 0.3) is 0 Å². The number of hydrogen-bond donors (Lipinski definition) is 1. The molecule has 5 nitrogen and oxygen atoms in total. The van der Waals surface area contributed by atoms with Crippen LogP contribution in [0.15, 0.2) is 53.7 Å². The highest BCUT2D eigenvalue weighted by atomic mass is 35.5. The molecule has 0 spiro atoms. The molecule has 4 aromatic rings. The molecule has 1 N–H and O–H groups in total. The van der Waals surface area contributed by atoms with Gasteiger partial charge in [-0.3, -0.25) is 4.79 Å². The molecule has 0 aliphatic rings. The van der Waals surface area contributed by atoms with Gasteiger partial charge < -0.3 is 9.55 Å². The SMILES string of the molecule is Cc1[nH]c2ccccc2c1C(=O)[C@@H](C)Sc1nnc(-c2ccc(Cl)cc2)n1C. The lowest BCUT2D eigenvalue weighted by molar-refractivity contribution is 0.0995. The Morgan fingerprint density at radius 1 is 1.14 bits per heavy atom. The third kappa shape index (κ3) is 3.34. The zero-order valence-electron chi connectivity index (χ0n) is 15.7. The molecule has 0 unspecified atom stereocenters. The molecule has 0 fully saturated rings. The molecule has 0 amide bonds. The number of para-hydroxylation sites is 1. The van der Waals surface area contributed by atoms with Crippen molar-refractivity contribution in [3.05, 3.63) is 64.8 Å². The first-order chi connectivity index (χ1) is 13.5. The monoisotopic (exact) mass is 410 g/mol. The number of aromatic amines is 1. The number of rotatable bonds is 5. The lowest BCUT2D eigenvalue weighted by Gasteiger charge is -2.10. The van der Waals surface area contributed by atoms with Crippen molar-refractivity contribution in [2.75, 3.05) is 0 Å². The van der Waals surface area contributed by atoms with Crippen molar-refractivity contribution in [3.8, 4) is 11.4 Å². The number of benzene rings is 2. The van der Waals surface area contributed by atoms with Crippen molar-refractivity contribution in [3.63, 3.8) is 0 Å². The van der Waals surface area contributed by atoms with E-state index in [0.717, 1.165) is 33.5 Å². The van der Waals surface area contributed by atoms with Crippen LogP contribution in [0.1, 0.15) is 23.0 Å². The average Bonchev–Trinajstić information content (AvgIpc) is 3.21. The third-order valence-electron chi connectivity index (χ3n) is 4.73. The Bertz CT molecular complexity index is 1160. The first-order valence-electron chi connectivity index (χ1n) is 8.89. The molecule has 142 valence electrons. The summed E-state index contributed by atoms with van der Waals surface area (Å²) in [5, 5.41) is 10.6. The van der Waals surface area contributed by atoms with E-state index in [1.165, 1.54) is 11.8 Å². The molecule has 0 aliphatic carbocycles. The number of hydrogen-bond acceptors (Lipinski definition) is 4. The number of fused-ring (bicyclic) bond motifs is 1. The van der Waals surface area contributed by atoms with E-state index < -0.39 is 0 Å². The second-order valence-corrected chi connectivity index (χ2v) is 8.41. The average molecular weight is 411 g/mol. The quantitative estimate of drug-likeness (QED) is 0.358. The molecule has 0 bridgehead atoms. The molecule has 2 heterocycles. The minimum Gasteiger partial charge on any atom is -0.358 e. The number of carbonyl (C=O) groups is 1. The Hall–Kier alpha value is -2.57. The number of Topliss-reactive ketones (excluding diaryl/α,β-unsaturated/α-hetero) is 1. The second-order valence-electron chi connectivity index (χ2n) is 6.67. The standard InChI is InChI=1S/C21H19ClN4OS/c1-12-18(16-6-4-5-7-17(16)23-12)19(27)13(2)28-21-25-24-20(26(21)3)14-8-10-15(22)11-9-14/h4-11,13,23H,1-3H3/t13-/m1/s1. The summed E-state index contributed by atoms with van der Waals surface area (Å²) in [5.74, 6) is 0.818. The van der Waals surface area contributed by atoms with E-state index in [-0.39, 0.29) is 11.0 Å². The molecule has 4 rings (SSSR count). The number of carbonyl (C=O) groups excluding carboxylic acids is 1. The Morgan fingerprint density at radius 3 is 2.61 bits per heavy atom. The summed E-state index contributed by atoms with van der Waals surface area (Å²) in [6, 6.07) is 15.3. The Balaban J connectivity index is 1.60. The maximum Gasteiger partial charge on any atom is 0.191 e. The van der Waals surface area contributed by atoms with Crippen LogP contribution in [0.4, 0.5) is 0 Å². The maximum absolute atomic E-state index is 13.2. The van der Waals surface area contributed by atoms with Crippen molar-refractivity contribution < 1.29 is 4.79 Å². The van der Waals surface area contributed by atoms with Crippen LogP contribution in [0.3, 0.4) is 0 Å². The van der Waals surface area contributed by atoms with E-state index in [0.29, 0.717) is 10.2 Å². The van der Waals surface area contributed by atoms with E-state index >= 15 is 0 Å². The summed E-state index contributed by atoms with van der Waals surface area (Å²) < 4.78 is 1.90. The molecule has 0 radical (unpaired) electrons. The summed E-state index contributed by atoms with van der Waals surface area (Å²) in [4.78, 5) is 16.5. The van der Waals surface area contributed by atoms with Crippen molar-refractivity contribution in [1.29, 1.82) is 0 Å². The lowest BCUT2D eigenvalue weighted by atomic mass is 10.1. The molecule has 2 aromatic heterocycles. The second kappa shape index (κ2) is 7.45. The van der Waals surface area contributed by atoms with E-state index in [1.807, 2.05) is 74.0 Å². The van der Waals surface area contributed by atoms with Crippen LogP contribution >= 0.6 is 23.4 Å². The van der Waals surface area contributed by atoms with Crippen LogP contribution in [-0.2, 0) is 7.05 Å². The molecule has 2 aromatic carbocycles. The van der Waals surface area contributed by atoms with Crippen LogP contribution in [0.2, 0.25) is 5.02 Å². The molecule has 0 aliphatic heterocycles. The van der Waals surface area contributed by atoms with Gasteiger partial charge in [-0.15, -0.1) is 10.2 Å². The maximum atomic E-state index is 13.2. The van der Waals surface area contributed by atoms with Gasteiger partial charge in [-0.05, 0) is 44.2 Å². The van der Waals surface area contributed by atoms with Crippen LogP contribution in [0.5, 0.6) is 0 Å².